The Labute approximate surface area is 105 Å². The largest absolute Gasteiger partial charge is 0.379 e. The second kappa shape index (κ2) is 8.03. The second-order valence-electron chi connectivity index (χ2n) is 5.11. The Morgan fingerprint density at radius 3 is 2.00 bits per heavy atom. The zero-order valence-electron chi connectivity index (χ0n) is 11.0. The van der Waals surface area contributed by atoms with E-state index in [0.717, 1.165) is 39.4 Å². The van der Waals surface area contributed by atoms with Crippen LogP contribution in [0.1, 0.15) is 19.3 Å². The third kappa shape index (κ3) is 5.34. The Morgan fingerprint density at radius 2 is 1.35 bits per heavy atom. The molecule has 0 radical (unpaired) electrons. The van der Waals surface area contributed by atoms with E-state index in [4.69, 9.17) is 4.74 Å². The third-order valence-corrected chi connectivity index (χ3v) is 3.76. The van der Waals surface area contributed by atoms with Gasteiger partial charge in [-0.05, 0) is 25.9 Å². The minimum Gasteiger partial charge on any atom is -0.379 e. The van der Waals surface area contributed by atoms with Crippen molar-refractivity contribution < 1.29 is 4.74 Å². The fraction of sp³-hybridized carbons (Fsp3) is 1.00. The highest BCUT2D eigenvalue weighted by Gasteiger charge is 2.10. The number of nitrogens with zero attached hydrogens (tertiary/aromatic N) is 2. The highest BCUT2D eigenvalue weighted by Crippen LogP contribution is 2.07. The van der Waals surface area contributed by atoms with Gasteiger partial charge in [-0.15, -0.1) is 0 Å². The molecule has 17 heavy (non-hydrogen) atoms. The molecule has 0 unspecified atom stereocenters. The first kappa shape index (κ1) is 13.3. The van der Waals surface area contributed by atoms with Crippen molar-refractivity contribution in [2.24, 2.45) is 0 Å². The number of hydrogen-bond donors (Lipinski definition) is 1. The Morgan fingerprint density at radius 1 is 0.765 bits per heavy atom. The quantitative estimate of drug-likeness (QED) is 0.681. The normalized spacial score (nSPS) is 24.0. The summed E-state index contributed by atoms with van der Waals surface area (Å²) in [4.78, 5) is 5.02. The molecule has 2 heterocycles. The van der Waals surface area contributed by atoms with Crippen LogP contribution in [0.3, 0.4) is 0 Å². The summed E-state index contributed by atoms with van der Waals surface area (Å²) in [6, 6.07) is 0. The van der Waals surface area contributed by atoms with Crippen LogP contribution >= 0.6 is 0 Å². The molecule has 2 saturated heterocycles. The van der Waals surface area contributed by atoms with E-state index in [9.17, 15) is 0 Å². The molecule has 0 bridgehead atoms. The summed E-state index contributed by atoms with van der Waals surface area (Å²) in [5.41, 5.74) is 0. The molecule has 0 aromatic heterocycles. The first-order valence-corrected chi connectivity index (χ1v) is 7.18. The molecule has 1 N–H and O–H groups in total. The van der Waals surface area contributed by atoms with Crippen molar-refractivity contribution in [3.63, 3.8) is 0 Å². The minimum atomic E-state index is 0.897. The van der Waals surface area contributed by atoms with E-state index >= 15 is 0 Å². The lowest BCUT2D eigenvalue weighted by Crippen LogP contribution is -2.44. The van der Waals surface area contributed by atoms with Crippen molar-refractivity contribution in [2.75, 3.05) is 65.6 Å². The molecule has 2 aliphatic rings. The van der Waals surface area contributed by atoms with Crippen LogP contribution in [0.25, 0.3) is 0 Å². The van der Waals surface area contributed by atoms with Gasteiger partial charge in [0.2, 0.25) is 0 Å². The van der Waals surface area contributed by atoms with Crippen molar-refractivity contribution in [1.82, 2.24) is 15.1 Å². The molecule has 0 atom stereocenters. The second-order valence-corrected chi connectivity index (χ2v) is 5.11. The zero-order chi connectivity index (χ0) is 11.8. The van der Waals surface area contributed by atoms with Crippen molar-refractivity contribution in [3.05, 3.63) is 0 Å². The summed E-state index contributed by atoms with van der Waals surface area (Å²) in [6.07, 6.45) is 4.17. The molecule has 4 nitrogen and oxygen atoms in total. The lowest BCUT2D eigenvalue weighted by molar-refractivity contribution is 0.0754. The van der Waals surface area contributed by atoms with Gasteiger partial charge in [0, 0.05) is 39.3 Å². The van der Waals surface area contributed by atoms with Gasteiger partial charge in [-0.1, -0.05) is 6.42 Å². The average molecular weight is 241 g/mol. The number of ether oxygens (including phenoxy) is 1. The maximum atomic E-state index is 5.74. The van der Waals surface area contributed by atoms with Gasteiger partial charge in [0.05, 0.1) is 13.2 Å². The molecule has 4 heteroatoms. The minimum absolute atomic E-state index is 0.897. The van der Waals surface area contributed by atoms with E-state index in [1.807, 2.05) is 0 Å². The topological polar surface area (TPSA) is 27.7 Å². The fourth-order valence-electron chi connectivity index (χ4n) is 2.61. The summed E-state index contributed by atoms with van der Waals surface area (Å²) >= 11 is 0. The van der Waals surface area contributed by atoms with Crippen LogP contribution in [-0.4, -0.2) is 75.4 Å². The van der Waals surface area contributed by atoms with Crippen LogP contribution in [0, 0.1) is 0 Å². The molecular formula is C13H27N3O. The molecule has 0 saturated carbocycles. The first-order chi connectivity index (χ1) is 8.45. The van der Waals surface area contributed by atoms with E-state index in [-0.39, 0.29) is 0 Å². The number of nitrogens with one attached hydrogen (secondary N) is 1. The van der Waals surface area contributed by atoms with E-state index in [0.29, 0.717) is 0 Å². The van der Waals surface area contributed by atoms with Gasteiger partial charge in [-0.2, -0.15) is 0 Å². The Kier molecular flexibility index (Phi) is 6.27. The van der Waals surface area contributed by atoms with Crippen LogP contribution < -0.4 is 5.32 Å². The molecular weight excluding hydrogens is 214 g/mol. The molecule has 0 aromatic rings. The van der Waals surface area contributed by atoms with Crippen LogP contribution in [0.4, 0.5) is 0 Å². The van der Waals surface area contributed by atoms with Gasteiger partial charge in [0.1, 0.15) is 0 Å². The van der Waals surface area contributed by atoms with Crippen molar-refractivity contribution in [1.29, 1.82) is 0 Å². The predicted octanol–water partition coefficient (Wildman–Crippen LogP) is 0.394. The number of piperazine rings is 1. The summed E-state index contributed by atoms with van der Waals surface area (Å²) in [7, 11) is 0. The highest BCUT2D eigenvalue weighted by molar-refractivity contribution is 4.67. The molecule has 0 aliphatic carbocycles. The predicted molar refractivity (Wildman–Crippen MR) is 70.4 cm³/mol. The fourth-order valence-corrected chi connectivity index (χ4v) is 2.61. The smallest absolute Gasteiger partial charge is 0.0594 e. The first-order valence-electron chi connectivity index (χ1n) is 7.18. The Bertz CT molecular complexity index is 169. The molecule has 0 amide bonds. The van der Waals surface area contributed by atoms with Crippen LogP contribution in [0.5, 0.6) is 0 Å². The van der Waals surface area contributed by atoms with Gasteiger partial charge in [-0.3, -0.25) is 4.90 Å². The Balaban J connectivity index is 1.42. The number of hydrogen-bond acceptors (Lipinski definition) is 4. The highest BCUT2D eigenvalue weighted by atomic mass is 16.5. The lowest BCUT2D eigenvalue weighted by atomic mass is 10.1. The van der Waals surface area contributed by atoms with E-state index in [1.165, 1.54) is 45.4 Å². The van der Waals surface area contributed by atoms with E-state index in [1.54, 1.807) is 0 Å². The standard InChI is InChI=1S/C13H27N3O/c1-2-6-15(7-3-1)10-12-17-13-11-16-8-4-14-5-9-16/h14H,1-13H2. The monoisotopic (exact) mass is 241 g/mol. The van der Waals surface area contributed by atoms with Gasteiger partial charge >= 0.3 is 0 Å². The lowest BCUT2D eigenvalue weighted by Gasteiger charge is -2.28. The average Bonchev–Trinajstić information content (AvgIpc) is 2.41. The van der Waals surface area contributed by atoms with Gasteiger partial charge < -0.3 is 15.0 Å². The maximum absolute atomic E-state index is 5.74. The van der Waals surface area contributed by atoms with Crippen LogP contribution in [0.15, 0.2) is 0 Å². The van der Waals surface area contributed by atoms with Crippen molar-refractivity contribution in [3.8, 4) is 0 Å². The summed E-state index contributed by atoms with van der Waals surface area (Å²) in [5, 5.41) is 3.37. The SMILES string of the molecule is C1CCN(CCOCCN2CCNCC2)CC1. The molecule has 100 valence electrons. The molecule has 2 fully saturated rings. The number of likely N-dealkylation sites (tertiary alicyclic amines) is 1. The van der Waals surface area contributed by atoms with Crippen molar-refractivity contribution >= 4 is 0 Å². The van der Waals surface area contributed by atoms with Gasteiger partial charge in [-0.25, -0.2) is 0 Å². The van der Waals surface area contributed by atoms with Crippen LogP contribution in [0.2, 0.25) is 0 Å². The summed E-state index contributed by atoms with van der Waals surface area (Å²) < 4.78 is 5.74. The number of piperidine rings is 1. The number of rotatable bonds is 6. The summed E-state index contributed by atoms with van der Waals surface area (Å²) in [6.45, 7) is 11.2. The molecule has 2 rings (SSSR count). The van der Waals surface area contributed by atoms with E-state index < -0.39 is 0 Å². The van der Waals surface area contributed by atoms with Gasteiger partial charge in [0.25, 0.3) is 0 Å². The van der Waals surface area contributed by atoms with Gasteiger partial charge in [0.15, 0.2) is 0 Å². The van der Waals surface area contributed by atoms with Crippen molar-refractivity contribution in [2.45, 2.75) is 19.3 Å². The van der Waals surface area contributed by atoms with E-state index in [2.05, 4.69) is 15.1 Å². The molecule has 0 aromatic carbocycles. The molecule has 2 aliphatic heterocycles. The summed E-state index contributed by atoms with van der Waals surface area (Å²) in [5.74, 6) is 0. The zero-order valence-corrected chi connectivity index (χ0v) is 11.0. The third-order valence-electron chi connectivity index (χ3n) is 3.76. The maximum Gasteiger partial charge on any atom is 0.0594 e. The van der Waals surface area contributed by atoms with Crippen LogP contribution in [-0.2, 0) is 4.74 Å². The molecule has 0 spiro atoms. The Hall–Kier alpha value is -0.160.